The molecule has 0 saturated carbocycles. The molecule has 2 aliphatic heterocycles. The molecular weight excluding hydrogens is 1530 g/mol. The maximum absolute atomic E-state index is 2.67. The van der Waals surface area contributed by atoms with E-state index in [1.165, 1.54) is 75.8 Å². The van der Waals surface area contributed by atoms with Gasteiger partial charge in [-0.25, -0.2) is 0 Å². The molecule has 0 unspecified atom stereocenters. The van der Waals surface area contributed by atoms with Crippen LogP contribution >= 0.6 is 0 Å². The van der Waals surface area contributed by atoms with Gasteiger partial charge >= 0.3 is 0 Å². The highest BCUT2D eigenvalue weighted by Gasteiger charge is 2.46. The van der Waals surface area contributed by atoms with E-state index in [0.29, 0.717) is 0 Å². The Hall–Kier alpha value is -16.2. The molecule has 5 aromatic heterocycles. The van der Waals surface area contributed by atoms with Crippen molar-refractivity contribution in [2.24, 2.45) is 0 Å². The van der Waals surface area contributed by atoms with Gasteiger partial charge in [0.25, 0.3) is 6.71 Å². The topological polar surface area (TPSA) is 31.1 Å². The molecule has 8 heteroatoms. The number of nitrogens with zero attached hydrogens (tertiary/aromatic N) is 7. The fourth-order valence-electron chi connectivity index (χ4n) is 21.8. The minimum absolute atomic E-state index is 0.304. The van der Waals surface area contributed by atoms with Crippen LogP contribution in [0.5, 0.6) is 0 Å². The second kappa shape index (κ2) is 27.7. The van der Waals surface area contributed by atoms with E-state index in [0.717, 1.165) is 162 Å². The third kappa shape index (κ3) is 10.5. The van der Waals surface area contributed by atoms with Crippen LogP contribution in [0.3, 0.4) is 0 Å². The van der Waals surface area contributed by atoms with Crippen molar-refractivity contribution in [1.82, 2.24) is 22.8 Å². The molecule has 0 bridgehead atoms. The predicted molar refractivity (Wildman–Crippen MR) is 533 cm³/mol. The Morgan fingerprint density at radius 1 is 0.190 bits per heavy atom. The zero-order chi connectivity index (χ0) is 83.1. The molecule has 2 aliphatic rings. The Labute approximate surface area is 729 Å². The van der Waals surface area contributed by atoms with Crippen LogP contribution in [0.2, 0.25) is 0 Å². The van der Waals surface area contributed by atoms with Crippen molar-refractivity contribution in [2.75, 3.05) is 9.80 Å². The number of rotatable bonds is 11. The number of aromatic nitrogens is 5. The Morgan fingerprint density at radius 2 is 0.484 bits per heavy atom. The van der Waals surface area contributed by atoms with Gasteiger partial charge in [0.1, 0.15) is 0 Å². The van der Waals surface area contributed by atoms with Crippen LogP contribution in [0.25, 0.3) is 182 Å². The Kier molecular flexibility index (Phi) is 15.7. The Balaban J connectivity index is 0.819. The molecule has 0 spiro atoms. The van der Waals surface area contributed by atoms with E-state index >= 15 is 0 Å². The van der Waals surface area contributed by atoms with Crippen molar-refractivity contribution in [3.8, 4) is 72.9 Å². The maximum Gasteiger partial charge on any atom is 0.252 e. The van der Waals surface area contributed by atoms with Crippen molar-refractivity contribution in [3.63, 3.8) is 0 Å². The number of fused-ring (bicyclic) bond motifs is 19. The van der Waals surface area contributed by atoms with Gasteiger partial charge in [-0.15, -0.1) is 0 Å². The Morgan fingerprint density at radius 3 is 0.857 bits per heavy atom. The summed E-state index contributed by atoms with van der Waals surface area (Å²) in [7, 11) is 0. The van der Waals surface area contributed by atoms with Gasteiger partial charge in [-0.3, -0.25) is 0 Å². The summed E-state index contributed by atoms with van der Waals surface area (Å²) in [5.41, 5.74) is 36.7. The second-order valence-electron chi connectivity index (χ2n) is 35.0. The Bertz CT molecular complexity index is 8420. The summed E-state index contributed by atoms with van der Waals surface area (Å²) in [6.45, 7) is 6.80. The highest BCUT2D eigenvalue weighted by molar-refractivity contribution is 7.00. The standard InChI is InChI=1S/C118H80BN7/c1-118(2,3)79-71-94(117(126-107-62-32-20-49-92(107)93-50-21-33-63-108(93)126)114(72-79)122-103-58-28-16-45-88(103)89-46-17-29-59-104(89)122)78-66-68-96-111(70-78)124(98-53-23-11-40-82(98)76-37-8-5-9-38-76)113-74-80(120-99-54-24-12-41-84(99)85-42-13-25-55-100(85)120)73-112-115(113)119(96)95-67-65-77(69-110(95)123(112)97-52-22-10-39-81(97)75-35-6-4-7-36-75)83-51-34-64-109(121-101-56-26-14-43-86(101)87-44-15-27-57-102(87)121)116(83)125-105-60-30-18-47-90(105)91-48-19-31-61-106(91)125/h4-74H,1-3H3. The zero-order valence-corrected chi connectivity index (χ0v) is 69.7. The number of hydrogen-bond acceptors (Lipinski definition) is 2. The van der Waals surface area contributed by atoms with Crippen LogP contribution in [-0.2, 0) is 5.41 Å². The van der Waals surface area contributed by atoms with Crippen LogP contribution in [0.15, 0.2) is 431 Å². The quantitative estimate of drug-likeness (QED) is 0.121. The first-order valence-corrected chi connectivity index (χ1v) is 43.8. The van der Waals surface area contributed by atoms with E-state index in [4.69, 9.17) is 0 Å². The third-order valence-electron chi connectivity index (χ3n) is 27.2. The number of benzene rings is 19. The molecule has 0 aliphatic carbocycles. The predicted octanol–water partition coefficient (Wildman–Crippen LogP) is 29.2. The van der Waals surface area contributed by atoms with E-state index in [1.54, 1.807) is 0 Å². The molecule has 0 fully saturated rings. The van der Waals surface area contributed by atoms with E-state index < -0.39 is 0 Å². The lowest BCUT2D eigenvalue weighted by Gasteiger charge is -2.45. The van der Waals surface area contributed by atoms with Gasteiger partial charge < -0.3 is 32.6 Å². The molecule has 0 saturated heterocycles. The van der Waals surface area contributed by atoms with Crippen LogP contribution in [-0.4, -0.2) is 29.5 Å². The normalized spacial score (nSPS) is 12.7. The van der Waals surface area contributed by atoms with Gasteiger partial charge in [0.05, 0.1) is 95.0 Å². The molecule has 0 N–H and O–H groups in total. The van der Waals surface area contributed by atoms with Crippen LogP contribution < -0.4 is 26.2 Å². The fourth-order valence-corrected chi connectivity index (χ4v) is 21.8. The van der Waals surface area contributed by atoms with Gasteiger partial charge in [-0.1, -0.05) is 336 Å². The molecule has 0 atom stereocenters. The smallest absolute Gasteiger partial charge is 0.252 e. The van der Waals surface area contributed by atoms with Gasteiger partial charge in [-0.2, -0.15) is 0 Å². The average Bonchev–Trinajstić information content (AvgIpc) is 1.15. The summed E-state index contributed by atoms with van der Waals surface area (Å²) in [6, 6.07) is 163. The molecule has 26 rings (SSSR count). The van der Waals surface area contributed by atoms with Gasteiger partial charge in [0, 0.05) is 98.9 Å². The third-order valence-corrected chi connectivity index (χ3v) is 27.2. The lowest BCUT2D eigenvalue weighted by atomic mass is 9.33. The number of para-hydroxylation sites is 13. The first-order chi connectivity index (χ1) is 62.2. The molecule has 0 amide bonds. The minimum atomic E-state index is -0.331. The summed E-state index contributed by atoms with van der Waals surface area (Å²) < 4.78 is 12.8. The number of anilines is 6. The summed E-state index contributed by atoms with van der Waals surface area (Å²) in [5.74, 6) is 0. The molecular formula is C118H80BN7. The fraction of sp³-hybridized carbons (Fsp3) is 0.0339. The van der Waals surface area contributed by atoms with Crippen molar-refractivity contribution in [3.05, 3.63) is 436 Å². The first-order valence-electron chi connectivity index (χ1n) is 43.8. The maximum atomic E-state index is 2.67. The highest BCUT2D eigenvalue weighted by atomic mass is 15.2. The van der Waals surface area contributed by atoms with Crippen LogP contribution in [0.1, 0.15) is 26.3 Å². The van der Waals surface area contributed by atoms with Crippen molar-refractivity contribution < 1.29 is 0 Å². The van der Waals surface area contributed by atoms with E-state index in [2.05, 4.69) is 484 Å². The van der Waals surface area contributed by atoms with Crippen LogP contribution in [0, 0.1) is 0 Å². The SMILES string of the molecule is CC(C)(C)c1cc(-c2ccc3c(c2)N(c2ccccc2-c2ccccc2)c2cc(-n4c5ccccc5c5ccccc54)cc4c2B3c2ccc(-c3cccc(-n5c6ccccc6c6ccccc65)c3-n3c5ccccc5c5ccccc53)cc2N4c2ccccc2-c2ccccc2)c(-n2c3ccccc3c3ccccc32)c(-n2c3ccccc3c3ccccc32)c1. The number of hydrogen-bond donors (Lipinski definition) is 0. The van der Waals surface area contributed by atoms with E-state index in [9.17, 15) is 0 Å². The molecule has 7 nitrogen and oxygen atoms in total. The zero-order valence-electron chi connectivity index (χ0n) is 69.7. The van der Waals surface area contributed by atoms with Crippen molar-refractivity contribution in [1.29, 1.82) is 0 Å². The van der Waals surface area contributed by atoms with Crippen molar-refractivity contribution in [2.45, 2.75) is 26.2 Å². The summed E-state index contributed by atoms with van der Waals surface area (Å²) >= 11 is 0. The van der Waals surface area contributed by atoms with E-state index in [-0.39, 0.29) is 12.1 Å². The molecule has 126 heavy (non-hydrogen) atoms. The lowest BCUT2D eigenvalue weighted by Crippen LogP contribution is -2.61. The van der Waals surface area contributed by atoms with Gasteiger partial charge in [0.2, 0.25) is 0 Å². The monoisotopic (exact) mass is 1610 g/mol. The summed E-state index contributed by atoms with van der Waals surface area (Å²) in [6.07, 6.45) is 0. The van der Waals surface area contributed by atoms with Crippen LogP contribution in [0.4, 0.5) is 34.1 Å². The minimum Gasteiger partial charge on any atom is -0.311 e. The molecule has 19 aromatic carbocycles. The molecule has 24 aromatic rings. The highest BCUT2D eigenvalue weighted by Crippen LogP contribution is 2.54. The van der Waals surface area contributed by atoms with Crippen molar-refractivity contribution >= 4 is 166 Å². The van der Waals surface area contributed by atoms with E-state index in [1.807, 2.05) is 0 Å². The summed E-state index contributed by atoms with van der Waals surface area (Å²) in [4.78, 5) is 5.34. The molecule has 0 radical (unpaired) electrons. The lowest BCUT2D eigenvalue weighted by molar-refractivity contribution is 0.590. The average molecular weight is 1610 g/mol. The summed E-state index contributed by atoms with van der Waals surface area (Å²) in [5, 5.41) is 12.0. The van der Waals surface area contributed by atoms with Gasteiger partial charge in [-0.05, 0) is 165 Å². The second-order valence-corrected chi connectivity index (χ2v) is 35.0. The molecule has 7 heterocycles. The van der Waals surface area contributed by atoms with Gasteiger partial charge in [0.15, 0.2) is 0 Å². The largest absolute Gasteiger partial charge is 0.311 e. The molecule has 590 valence electrons. The first kappa shape index (κ1) is 71.6.